The van der Waals surface area contributed by atoms with Gasteiger partial charge in [0.25, 0.3) is 5.91 Å². The summed E-state index contributed by atoms with van der Waals surface area (Å²) >= 11 is 0. The minimum Gasteiger partial charge on any atom is -0.393 e. The maximum absolute atomic E-state index is 11.9. The number of anilines is 1. The van der Waals surface area contributed by atoms with Gasteiger partial charge in [0, 0.05) is 20.6 Å². The van der Waals surface area contributed by atoms with Crippen LogP contribution in [0.2, 0.25) is 0 Å². The molecule has 0 spiro atoms. The van der Waals surface area contributed by atoms with Crippen LogP contribution in [-0.4, -0.2) is 45.4 Å². The predicted octanol–water partition coefficient (Wildman–Crippen LogP) is -0.155. The zero-order chi connectivity index (χ0) is 12.3. The molecule has 1 aromatic heterocycles. The van der Waals surface area contributed by atoms with Gasteiger partial charge in [-0.3, -0.25) is 9.48 Å². The van der Waals surface area contributed by atoms with Crippen LogP contribution in [0.15, 0.2) is 6.20 Å². The van der Waals surface area contributed by atoms with Gasteiger partial charge in [0.05, 0.1) is 12.3 Å². The summed E-state index contributed by atoms with van der Waals surface area (Å²) in [6.07, 6.45) is 1.58. The van der Waals surface area contributed by atoms with Crippen LogP contribution in [0.5, 0.6) is 0 Å². The normalized spacial score (nSPS) is 12.5. The van der Waals surface area contributed by atoms with Crippen LogP contribution in [0.25, 0.3) is 0 Å². The molecule has 0 radical (unpaired) electrons. The Balaban J connectivity index is 2.67. The fraction of sp³-hybridized carbons (Fsp3) is 0.600. The van der Waals surface area contributed by atoms with Crippen molar-refractivity contribution >= 4 is 11.7 Å². The lowest BCUT2D eigenvalue weighted by atomic mass is 10.2. The Morgan fingerprint density at radius 3 is 2.81 bits per heavy atom. The van der Waals surface area contributed by atoms with E-state index in [0.29, 0.717) is 24.3 Å². The molecule has 0 fully saturated rings. The van der Waals surface area contributed by atoms with Crippen molar-refractivity contribution in [2.45, 2.75) is 19.4 Å². The molecule has 0 aliphatic carbocycles. The Labute approximate surface area is 94.6 Å². The lowest BCUT2D eigenvalue weighted by Gasteiger charge is -2.17. The molecule has 1 aromatic rings. The predicted molar refractivity (Wildman–Crippen MR) is 60.9 cm³/mol. The molecule has 6 heteroatoms. The van der Waals surface area contributed by atoms with Crippen LogP contribution in [0.4, 0.5) is 5.82 Å². The largest absolute Gasteiger partial charge is 0.393 e. The highest BCUT2D eigenvalue weighted by atomic mass is 16.3. The summed E-state index contributed by atoms with van der Waals surface area (Å²) in [7, 11) is 3.36. The molecular weight excluding hydrogens is 208 g/mol. The van der Waals surface area contributed by atoms with E-state index < -0.39 is 6.10 Å². The van der Waals surface area contributed by atoms with Gasteiger partial charge in [0.2, 0.25) is 0 Å². The number of hydrogen-bond acceptors (Lipinski definition) is 4. The number of amides is 1. The molecule has 0 aromatic carbocycles. The van der Waals surface area contributed by atoms with Gasteiger partial charge in [-0.15, -0.1) is 0 Å². The Bertz CT molecular complexity index is 373. The number of aromatic nitrogens is 2. The standard InChI is InChI=1S/C10H18N4O2/c1-7(15)4-5-13(2)10(16)8-6-12-14(3)9(8)11/h6-7,15H,4-5,11H2,1-3H3. The highest BCUT2D eigenvalue weighted by Crippen LogP contribution is 2.12. The summed E-state index contributed by atoms with van der Waals surface area (Å²) < 4.78 is 1.45. The van der Waals surface area contributed by atoms with E-state index in [9.17, 15) is 4.79 Å². The van der Waals surface area contributed by atoms with Crippen molar-refractivity contribution in [2.75, 3.05) is 19.3 Å². The van der Waals surface area contributed by atoms with E-state index in [1.165, 1.54) is 15.8 Å². The molecule has 6 nitrogen and oxygen atoms in total. The second-order valence-corrected chi connectivity index (χ2v) is 3.93. The third-order valence-electron chi connectivity index (χ3n) is 2.44. The molecule has 0 aliphatic rings. The lowest BCUT2D eigenvalue weighted by Crippen LogP contribution is -2.29. The van der Waals surface area contributed by atoms with Crippen molar-refractivity contribution in [3.05, 3.63) is 11.8 Å². The molecule has 1 amide bonds. The maximum atomic E-state index is 11.9. The molecule has 1 atom stereocenters. The van der Waals surface area contributed by atoms with Crippen molar-refractivity contribution in [1.29, 1.82) is 0 Å². The first-order valence-corrected chi connectivity index (χ1v) is 5.14. The van der Waals surface area contributed by atoms with Crippen molar-refractivity contribution in [1.82, 2.24) is 14.7 Å². The summed E-state index contributed by atoms with van der Waals surface area (Å²) in [5, 5.41) is 13.0. The first kappa shape index (κ1) is 12.5. The van der Waals surface area contributed by atoms with Crippen molar-refractivity contribution in [2.24, 2.45) is 7.05 Å². The van der Waals surface area contributed by atoms with Crippen molar-refractivity contribution in [3.8, 4) is 0 Å². The number of nitrogen functional groups attached to an aromatic ring is 1. The number of aliphatic hydroxyl groups is 1. The van der Waals surface area contributed by atoms with Crippen LogP contribution >= 0.6 is 0 Å². The van der Waals surface area contributed by atoms with E-state index in [0.717, 1.165) is 0 Å². The Hall–Kier alpha value is -1.56. The van der Waals surface area contributed by atoms with Gasteiger partial charge in [-0.2, -0.15) is 5.10 Å². The maximum Gasteiger partial charge on any atom is 0.258 e. The molecule has 16 heavy (non-hydrogen) atoms. The van der Waals surface area contributed by atoms with Gasteiger partial charge in [-0.05, 0) is 13.3 Å². The van der Waals surface area contributed by atoms with E-state index in [1.54, 1.807) is 21.0 Å². The average molecular weight is 226 g/mol. The minimum atomic E-state index is -0.415. The number of hydrogen-bond donors (Lipinski definition) is 2. The summed E-state index contributed by atoms with van der Waals surface area (Å²) in [5.74, 6) is 0.181. The molecule has 3 N–H and O–H groups in total. The zero-order valence-corrected chi connectivity index (χ0v) is 9.84. The summed E-state index contributed by atoms with van der Waals surface area (Å²) in [4.78, 5) is 13.4. The molecule has 0 aliphatic heterocycles. The van der Waals surface area contributed by atoms with Crippen molar-refractivity contribution < 1.29 is 9.90 Å². The number of carbonyl (C=O) groups excluding carboxylic acids is 1. The van der Waals surface area contributed by atoms with Gasteiger partial charge in [0.1, 0.15) is 11.4 Å². The third-order valence-corrected chi connectivity index (χ3v) is 2.44. The topological polar surface area (TPSA) is 84.4 Å². The van der Waals surface area contributed by atoms with E-state index in [-0.39, 0.29) is 5.91 Å². The number of carbonyl (C=O) groups is 1. The molecule has 0 saturated heterocycles. The highest BCUT2D eigenvalue weighted by molar-refractivity contribution is 5.98. The molecule has 0 saturated carbocycles. The fourth-order valence-electron chi connectivity index (χ4n) is 1.30. The molecule has 90 valence electrons. The van der Waals surface area contributed by atoms with Gasteiger partial charge in [-0.1, -0.05) is 0 Å². The zero-order valence-electron chi connectivity index (χ0n) is 9.84. The van der Waals surface area contributed by atoms with Gasteiger partial charge in [-0.25, -0.2) is 0 Å². The molecule has 0 bridgehead atoms. The van der Waals surface area contributed by atoms with Crippen LogP contribution in [-0.2, 0) is 7.05 Å². The highest BCUT2D eigenvalue weighted by Gasteiger charge is 2.17. The van der Waals surface area contributed by atoms with Gasteiger partial charge >= 0.3 is 0 Å². The second kappa shape index (κ2) is 4.98. The Kier molecular flexibility index (Phi) is 3.89. The Morgan fingerprint density at radius 1 is 1.75 bits per heavy atom. The summed E-state index contributed by atoms with van der Waals surface area (Å²) in [5.41, 5.74) is 6.10. The van der Waals surface area contributed by atoms with E-state index >= 15 is 0 Å². The lowest BCUT2D eigenvalue weighted by molar-refractivity contribution is 0.0770. The van der Waals surface area contributed by atoms with Crippen LogP contribution < -0.4 is 5.73 Å². The quantitative estimate of drug-likeness (QED) is 0.747. The van der Waals surface area contributed by atoms with Gasteiger partial charge in [0.15, 0.2) is 0 Å². The summed E-state index contributed by atoms with van der Waals surface area (Å²) in [6, 6.07) is 0. The van der Waals surface area contributed by atoms with Crippen LogP contribution in [0.1, 0.15) is 23.7 Å². The van der Waals surface area contributed by atoms with Gasteiger partial charge < -0.3 is 15.7 Å². The van der Waals surface area contributed by atoms with E-state index in [2.05, 4.69) is 5.10 Å². The van der Waals surface area contributed by atoms with Crippen LogP contribution in [0.3, 0.4) is 0 Å². The number of nitrogens with zero attached hydrogens (tertiary/aromatic N) is 3. The molecule has 1 heterocycles. The average Bonchev–Trinajstić information content (AvgIpc) is 2.55. The number of aryl methyl sites for hydroxylation is 1. The first-order valence-electron chi connectivity index (χ1n) is 5.14. The summed E-state index contributed by atoms with van der Waals surface area (Å²) in [6.45, 7) is 2.18. The Morgan fingerprint density at radius 2 is 2.38 bits per heavy atom. The van der Waals surface area contributed by atoms with Crippen molar-refractivity contribution in [3.63, 3.8) is 0 Å². The first-order chi connectivity index (χ1) is 7.43. The van der Waals surface area contributed by atoms with Crippen LogP contribution in [0, 0.1) is 0 Å². The second-order valence-electron chi connectivity index (χ2n) is 3.93. The SMILES string of the molecule is CC(O)CCN(C)C(=O)c1cnn(C)c1N. The van der Waals surface area contributed by atoms with E-state index in [4.69, 9.17) is 10.8 Å². The van der Waals surface area contributed by atoms with E-state index in [1.807, 2.05) is 0 Å². The number of aliphatic hydroxyl groups excluding tert-OH is 1. The molecule has 1 rings (SSSR count). The molecular formula is C10H18N4O2. The minimum absolute atomic E-state index is 0.175. The molecule has 1 unspecified atom stereocenters. The smallest absolute Gasteiger partial charge is 0.258 e. The third kappa shape index (κ3) is 2.73. The fourth-order valence-corrected chi connectivity index (χ4v) is 1.30. The monoisotopic (exact) mass is 226 g/mol. The number of nitrogens with two attached hydrogens (primary N) is 1. The number of rotatable bonds is 4.